The molecule has 0 spiro atoms. The molecule has 2 heterocycles. The summed E-state index contributed by atoms with van der Waals surface area (Å²) in [6.45, 7) is -0.335. The second-order valence-electron chi connectivity index (χ2n) is 8.20. The predicted octanol–water partition coefficient (Wildman–Crippen LogP) is 2.42. The summed E-state index contributed by atoms with van der Waals surface area (Å²) in [5.74, 6) is -1.49. The van der Waals surface area contributed by atoms with E-state index in [1.807, 2.05) is 24.3 Å². The highest BCUT2D eigenvalue weighted by Gasteiger charge is 2.52. The van der Waals surface area contributed by atoms with Crippen molar-refractivity contribution in [2.45, 2.75) is 25.3 Å². The fraction of sp³-hybridized carbons (Fsp3) is 0.348. The average molecular weight is 442 g/mol. The lowest BCUT2D eigenvalue weighted by Gasteiger charge is -2.40. The van der Waals surface area contributed by atoms with Gasteiger partial charge in [-0.15, -0.1) is 0 Å². The molecule has 0 aliphatic carbocycles. The highest BCUT2D eigenvalue weighted by molar-refractivity contribution is 6.01. The lowest BCUT2D eigenvalue weighted by molar-refractivity contribution is -0.146. The second-order valence-corrected chi connectivity index (χ2v) is 8.20. The molecule has 1 atom stereocenters. The Morgan fingerprint density at radius 1 is 1.25 bits per heavy atom. The summed E-state index contributed by atoms with van der Waals surface area (Å²) >= 11 is 0. The SMILES string of the molecule is CN1C(=O)Cc2ccc(-c3ccc(C[C@@H](C#N)NC(=O)C4(C(F)F)CNC4)c(F)c3)cc21. The maximum Gasteiger partial charge on any atom is 0.255 e. The number of likely N-dealkylation sites (N-methyl/N-ethyl adjacent to an activating group) is 1. The highest BCUT2D eigenvalue weighted by atomic mass is 19.3. The zero-order valence-electron chi connectivity index (χ0n) is 17.3. The number of carbonyl (C=O) groups is 2. The molecule has 9 heteroatoms. The first kappa shape index (κ1) is 21.8. The molecular formula is C23H21F3N4O2. The van der Waals surface area contributed by atoms with Gasteiger partial charge in [-0.05, 0) is 34.4 Å². The summed E-state index contributed by atoms with van der Waals surface area (Å²) in [5, 5.41) is 14.3. The van der Waals surface area contributed by atoms with Crippen molar-refractivity contribution in [1.29, 1.82) is 5.26 Å². The number of hydrogen-bond donors (Lipinski definition) is 2. The zero-order chi connectivity index (χ0) is 23.0. The van der Waals surface area contributed by atoms with Gasteiger partial charge in [0.05, 0.1) is 12.5 Å². The third-order valence-electron chi connectivity index (χ3n) is 6.18. The Morgan fingerprint density at radius 3 is 2.53 bits per heavy atom. The van der Waals surface area contributed by atoms with Gasteiger partial charge in [0.1, 0.15) is 17.3 Å². The van der Waals surface area contributed by atoms with Gasteiger partial charge >= 0.3 is 0 Å². The summed E-state index contributed by atoms with van der Waals surface area (Å²) in [6, 6.07) is 10.7. The molecule has 1 fully saturated rings. The van der Waals surface area contributed by atoms with Crippen LogP contribution in [0.3, 0.4) is 0 Å². The molecule has 0 unspecified atom stereocenters. The van der Waals surface area contributed by atoms with Crippen LogP contribution < -0.4 is 15.5 Å². The quantitative estimate of drug-likeness (QED) is 0.720. The first-order valence-electron chi connectivity index (χ1n) is 10.1. The maximum absolute atomic E-state index is 14.8. The van der Waals surface area contributed by atoms with Crippen LogP contribution in [0.5, 0.6) is 0 Å². The van der Waals surface area contributed by atoms with Crippen LogP contribution in [0.25, 0.3) is 11.1 Å². The van der Waals surface area contributed by atoms with Gasteiger partial charge in [-0.25, -0.2) is 13.2 Å². The second kappa shape index (κ2) is 8.28. The van der Waals surface area contributed by atoms with Crippen molar-refractivity contribution in [1.82, 2.24) is 10.6 Å². The number of nitriles is 1. The Labute approximate surface area is 183 Å². The number of nitrogens with zero attached hydrogens (tertiary/aromatic N) is 2. The minimum Gasteiger partial charge on any atom is -0.339 e. The third kappa shape index (κ3) is 3.71. The van der Waals surface area contributed by atoms with Crippen molar-refractivity contribution in [2.75, 3.05) is 25.0 Å². The van der Waals surface area contributed by atoms with E-state index in [0.717, 1.165) is 16.8 Å². The number of alkyl halides is 2. The molecule has 2 amide bonds. The summed E-state index contributed by atoms with van der Waals surface area (Å²) in [5.41, 5.74) is 1.36. The first-order chi connectivity index (χ1) is 15.2. The van der Waals surface area contributed by atoms with Crippen LogP contribution in [0.2, 0.25) is 0 Å². The fourth-order valence-electron chi connectivity index (χ4n) is 3.97. The maximum atomic E-state index is 14.8. The number of fused-ring (bicyclic) bond motifs is 1. The minimum absolute atomic E-state index is 0.00502. The largest absolute Gasteiger partial charge is 0.339 e. The van der Waals surface area contributed by atoms with Crippen molar-refractivity contribution in [3.8, 4) is 17.2 Å². The van der Waals surface area contributed by atoms with Crippen molar-refractivity contribution in [2.24, 2.45) is 5.41 Å². The lowest BCUT2D eigenvalue weighted by atomic mass is 9.81. The molecule has 0 bridgehead atoms. The van der Waals surface area contributed by atoms with Crippen molar-refractivity contribution in [3.05, 3.63) is 53.3 Å². The van der Waals surface area contributed by atoms with Crippen LogP contribution in [0.4, 0.5) is 18.9 Å². The first-order valence-corrected chi connectivity index (χ1v) is 10.1. The minimum atomic E-state index is -2.86. The van der Waals surface area contributed by atoms with Crippen LogP contribution in [-0.2, 0) is 22.4 Å². The summed E-state index contributed by atoms with van der Waals surface area (Å²) in [6.07, 6.45) is -2.67. The molecule has 2 aromatic rings. The molecule has 0 saturated carbocycles. The van der Waals surface area contributed by atoms with Crippen molar-refractivity contribution in [3.63, 3.8) is 0 Å². The molecule has 2 N–H and O–H groups in total. The number of hydrogen-bond acceptors (Lipinski definition) is 4. The van der Waals surface area contributed by atoms with E-state index in [9.17, 15) is 28.0 Å². The highest BCUT2D eigenvalue weighted by Crippen LogP contribution is 2.33. The Balaban J connectivity index is 1.50. The summed E-state index contributed by atoms with van der Waals surface area (Å²) in [7, 11) is 1.69. The molecule has 2 aromatic carbocycles. The topological polar surface area (TPSA) is 85.2 Å². The van der Waals surface area contributed by atoms with E-state index in [-0.39, 0.29) is 31.0 Å². The van der Waals surface area contributed by atoms with Crippen molar-refractivity contribution < 1.29 is 22.8 Å². The van der Waals surface area contributed by atoms with Gasteiger partial charge in [-0.3, -0.25) is 9.59 Å². The van der Waals surface area contributed by atoms with Crippen LogP contribution in [0.15, 0.2) is 36.4 Å². The molecule has 2 aliphatic heterocycles. The molecular weight excluding hydrogens is 421 g/mol. The van der Waals surface area contributed by atoms with E-state index in [1.165, 1.54) is 12.1 Å². The molecule has 166 valence electrons. The predicted molar refractivity (Wildman–Crippen MR) is 112 cm³/mol. The third-order valence-corrected chi connectivity index (χ3v) is 6.18. The molecule has 6 nitrogen and oxygen atoms in total. The van der Waals surface area contributed by atoms with E-state index in [0.29, 0.717) is 12.0 Å². The van der Waals surface area contributed by atoms with Gasteiger partial charge < -0.3 is 15.5 Å². The molecule has 1 saturated heterocycles. The van der Waals surface area contributed by atoms with Gasteiger partial charge in [0.2, 0.25) is 11.8 Å². The number of anilines is 1. The monoisotopic (exact) mass is 442 g/mol. The average Bonchev–Trinajstić information content (AvgIpc) is 3.01. The lowest BCUT2D eigenvalue weighted by Crippen LogP contribution is -2.66. The van der Waals surface area contributed by atoms with Crippen molar-refractivity contribution >= 4 is 17.5 Å². The van der Waals surface area contributed by atoms with Gasteiger partial charge in [0, 0.05) is 32.2 Å². The Kier molecular flexibility index (Phi) is 5.65. The summed E-state index contributed by atoms with van der Waals surface area (Å²) in [4.78, 5) is 25.7. The number of nitrogens with one attached hydrogen (secondary N) is 2. The molecule has 0 aromatic heterocycles. The molecule has 0 radical (unpaired) electrons. The van der Waals surface area contributed by atoms with E-state index in [1.54, 1.807) is 18.0 Å². The van der Waals surface area contributed by atoms with E-state index in [4.69, 9.17) is 0 Å². The van der Waals surface area contributed by atoms with E-state index < -0.39 is 29.6 Å². The summed E-state index contributed by atoms with van der Waals surface area (Å²) < 4.78 is 41.4. The Morgan fingerprint density at radius 2 is 1.94 bits per heavy atom. The van der Waals surface area contributed by atoms with Gasteiger partial charge in [0.25, 0.3) is 6.43 Å². The number of rotatable bonds is 6. The Hall–Kier alpha value is -3.38. The molecule has 32 heavy (non-hydrogen) atoms. The van der Waals surface area contributed by atoms with Crippen LogP contribution in [-0.4, -0.2) is 44.4 Å². The normalized spacial score (nSPS) is 17.5. The van der Waals surface area contributed by atoms with Gasteiger partial charge in [0.15, 0.2) is 0 Å². The number of benzene rings is 2. The van der Waals surface area contributed by atoms with Crippen LogP contribution in [0, 0.1) is 22.6 Å². The van der Waals surface area contributed by atoms with E-state index in [2.05, 4.69) is 10.6 Å². The smallest absolute Gasteiger partial charge is 0.255 e. The van der Waals surface area contributed by atoms with E-state index >= 15 is 0 Å². The zero-order valence-corrected chi connectivity index (χ0v) is 17.3. The number of amides is 2. The number of halogens is 3. The van der Waals surface area contributed by atoms with Gasteiger partial charge in [-0.2, -0.15) is 5.26 Å². The van der Waals surface area contributed by atoms with Crippen LogP contribution in [0.1, 0.15) is 11.1 Å². The number of carbonyl (C=O) groups excluding carboxylic acids is 2. The van der Waals surface area contributed by atoms with Crippen LogP contribution >= 0.6 is 0 Å². The standard InChI is InChI=1S/C23H21F3N4O2/c1-30-19-8-14(3-5-16(19)9-20(30)31)13-2-4-15(18(24)7-13)6-17(10-27)29-22(32)23(21(25)26)11-28-12-23/h2-5,7-8,17,21,28H,6,9,11-12H2,1H3,(H,29,32)/t17-/m0/s1. The molecule has 2 aliphatic rings. The fourth-order valence-corrected chi connectivity index (χ4v) is 3.97. The Bertz CT molecular complexity index is 1120. The molecule has 4 rings (SSSR count). The van der Waals surface area contributed by atoms with Gasteiger partial charge in [-0.1, -0.05) is 24.3 Å².